The number of aromatic nitrogens is 1. The summed E-state index contributed by atoms with van der Waals surface area (Å²) in [5.74, 6) is -0.0996. The maximum atomic E-state index is 11.6. The normalized spacial score (nSPS) is 10.8. The average Bonchev–Trinajstić information content (AvgIpc) is 2.96. The molecule has 2 rings (SSSR count). The van der Waals surface area contributed by atoms with Gasteiger partial charge in [0.15, 0.2) is 0 Å². The van der Waals surface area contributed by atoms with Gasteiger partial charge in [-0.05, 0) is 36.3 Å². The van der Waals surface area contributed by atoms with Crippen LogP contribution in [0.1, 0.15) is 12.0 Å². The summed E-state index contributed by atoms with van der Waals surface area (Å²) >= 11 is 6.01. The number of hydrogen-bond donors (Lipinski definition) is 1. The fraction of sp³-hybridized carbons (Fsp3) is 0.188. The number of carbonyl (C=O) groups excluding carboxylic acids is 1. The lowest BCUT2D eigenvalue weighted by Gasteiger charge is -2.03. The van der Waals surface area contributed by atoms with Gasteiger partial charge in [-0.3, -0.25) is 4.79 Å². The van der Waals surface area contributed by atoms with Crippen molar-refractivity contribution in [3.63, 3.8) is 0 Å². The van der Waals surface area contributed by atoms with E-state index >= 15 is 0 Å². The van der Waals surface area contributed by atoms with Crippen LogP contribution in [0.2, 0.25) is 5.02 Å². The van der Waals surface area contributed by atoms with Crippen LogP contribution >= 0.6 is 11.6 Å². The van der Waals surface area contributed by atoms with Crippen molar-refractivity contribution >= 4 is 23.6 Å². The fourth-order valence-electron chi connectivity index (χ4n) is 1.83. The van der Waals surface area contributed by atoms with E-state index in [4.69, 9.17) is 11.6 Å². The highest BCUT2D eigenvalue weighted by Crippen LogP contribution is 2.15. The molecule has 1 N–H and O–H groups in total. The number of benzene rings is 1. The molecule has 0 aliphatic carbocycles. The highest BCUT2D eigenvalue weighted by Gasteiger charge is 1.97. The third kappa shape index (κ3) is 4.59. The van der Waals surface area contributed by atoms with E-state index in [2.05, 4.69) is 9.88 Å². The molecule has 1 aromatic heterocycles. The minimum atomic E-state index is -0.0996. The van der Waals surface area contributed by atoms with Gasteiger partial charge < -0.3 is 9.88 Å². The van der Waals surface area contributed by atoms with Gasteiger partial charge in [0.05, 0.1) is 0 Å². The Morgan fingerprint density at radius 1 is 1.20 bits per heavy atom. The lowest BCUT2D eigenvalue weighted by atomic mass is 10.2. The molecule has 1 aromatic carbocycles. The maximum absolute atomic E-state index is 11.6. The lowest BCUT2D eigenvalue weighted by Crippen LogP contribution is -2.22. The number of carbonyl (C=O) groups is 1. The van der Waals surface area contributed by atoms with E-state index in [-0.39, 0.29) is 5.91 Å². The van der Waals surface area contributed by atoms with E-state index < -0.39 is 0 Å². The van der Waals surface area contributed by atoms with Crippen LogP contribution in [0, 0.1) is 0 Å². The monoisotopic (exact) mass is 288 g/mol. The molecule has 1 amide bonds. The van der Waals surface area contributed by atoms with Crippen LogP contribution in [0.5, 0.6) is 0 Å². The van der Waals surface area contributed by atoms with Gasteiger partial charge in [-0.2, -0.15) is 0 Å². The number of rotatable bonds is 6. The van der Waals surface area contributed by atoms with Crippen LogP contribution in [0.25, 0.3) is 6.08 Å². The van der Waals surface area contributed by atoms with Crippen LogP contribution in [-0.4, -0.2) is 17.0 Å². The van der Waals surface area contributed by atoms with Gasteiger partial charge in [-0.25, -0.2) is 0 Å². The summed E-state index contributed by atoms with van der Waals surface area (Å²) in [6.45, 7) is 1.56. The predicted molar refractivity (Wildman–Crippen MR) is 82.5 cm³/mol. The first-order chi connectivity index (χ1) is 9.75. The van der Waals surface area contributed by atoms with Crippen LogP contribution in [0.4, 0.5) is 0 Å². The smallest absolute Gasteiger partial charge is 0.244 e. The zero-order valence-corrected chi connectivity index (χ0v) is 11.9. The molecule has 0 bridgehead atoms. The molecular formula is C16H17ClN2O. The van der Waals surface area contributed by atoms with E-state index in [0.717, 1.165) is 18.5 Å². The van der Waals surface area contributed by atoms with Crippen LogP contribution in [-0.2, 0) is 11.3 Å². The molecule has 0 unspecified atom stereocenters. The summed E-state index contributed by atoms with van der Waals surface area (Å²) in [6, 6.07) is 11.4. The van der Waals surface area contributed by atoms with Gasteiger partial charge in [-0.1, -0.05) is 29.8 Å². The molecule has 0 aliphatic heterocycles. The standard InChI is InChI=1S/C16H17ClN2O/c17-15-7-2-1-6-14(15)8-9-16(20)18-10-5-13-19-11-3-4-12-19/h1-4,6-9,11-12H,5,10,13H2,(H,18,20). The minimum Gasteiger partial charge on any atom is -0.354 e. The van der Waals surface area contributed by atoms with Crippen molar-refractivity contribution in [1.29, 1.82) is 0 Å². The third-order valence-corrected chi connectivity index (χ3v) is 3.22. The molecule has 4 heteroatoms. The van der Waals surface area contributed by atoms with E-state index in [1.54, 1.807) is 12.1 Å². The molecule has 0 saturated heterocycles. The van der Waals surface area contributed by atoms with Crippen LogP contribution < -0.4 is 5.32 Å². The summed E-state index contributed by atoms with van der Waals surface area (Å²) in [6.07, 6.45) is 8.17. The fourth-order valence-corrected chi connectivity index (χ4v) is 2.03. The van der Waals surface area contributed by atoms with Gasteiger partial charge in [0.25, 0.3) is 0 Å². The number of amides is 1. The molecule has 0 saturated carbocycles. The quantitative estimate of drug-likeness (QED) is 0.642. The second kappa shape index (κ2) is 7.56. The Labute approximate surface area is 123 Å². The van der Waals surface area contributed by atoms with Gasteiger partial charge in [-0.15, -0.1) is 0 Å². The number of hydrogen-bond acceptors (Lipinski definition) is 1. The van der Waals surface area contributed by atoms with Crippen molar-refractivity contribution in [2.24, 2.45) is 0 Å². The van der Waals surface area contributed by atoms with Crippen LogP contribution in [0.15, 0.2) is 54.9 Å². The molecule has 3 nitrogen and oxygen atoms in total. The summed E-state index contributed by atoms with van der Waals surface area (Å²) in [5, 5.41) is 3.50. The van der Waals surface area contributed by atoms with Gasteiger partial charge in [0, 0.05) is 36.6 Å². The van der Waals surface area contributed by atoms with Crippen molar-refractivity contribution in [3.05, 3.63) is 65.5 Å². The Morgan fingerprint density at radius 3 is 2.70 bits per heavy atom. The largest absolute Gasteiger partial charge is 0.354 e. The Bertz CT molecular complexity index is 576. The Balaban J connectivity index is 1.71. The first-order valence-electron chi connectivity index (χ1n) is 6.57. The molecule has 0 fully saturated rings. The summed E-state index contributed by atoms with van der Waals surface area (Å²) in [5.41, 5.74) is 0.844. The van der Waals surface area contributed by atoms with E-state index in [1.165, 1.54) is 6.08 Å². The van der Waals surface area contributed by atoms with Crippen LogP contribution in [0.3, 0.4) is 0 Å². The van der Waals surface area contributed by atoms with Crippen molar-refractivity contribution in [2.75, 3.05) is 6.54 Å². The SMILES string of the molecule is O=C(C=Cc1ccccc1Cl)NCCCn1cccc1. The lowest BCUT2D eigenvalue weighted by molar-refractivity contribution is -0.116. The maximum Gasteiger partial charge on any atom is 0.244 e. The molecular weight excluding hydrogens is 272 g/mol. The summed E-state index contributed by atoms with van der Waals surface area (Å²) in [4.78, 5) is 11.6. The van der Waals surface area contributed by atoms with Gasteiger partial charge in [0.2, 0.25) is 5.91 Å². The highest BCUT2D eigenvalue weighted by molar-refractivity contribution is 6.32. The third-order valence-electron chi connectivity index (χ3n) is 2.88. The van der Waals surface area contributed by atoms with Crippen molar-refractivity contribution in [3.8, 4) is 0 Å². The van der Waals surface area contributed by atoms with Gasteiger partial charge in [0.1, 0.15) is 0 Å². The topological polar surface area (TPSA) is 34.0 Å². The van der Waals surface area contributed by atoms with E-state index in [1.807, 2.05) is 42.7 Å². The first-order valence-corrected chi connectivity index (χ1v) is 6.95. The summed E-state index contributed by atoms with van der Waals surface area (Å²) in [7, 11) is 0. The molecule has 20 heavy (non-hydrogen) atoms. The number of nitrogens with zero attached hydrogens (tertiary/aromatic N) is 1. The first kappa shape index (κ1) is 14.4. The number of aryl methyl sites for hydroxylation is 1. The Kier molecular flexibility index (Phi) is 5.44. The highest BCUT2D eigenvalue weighted by atomic mass is 35.5. The zero-order chi connectivity index (χ0) is 14.2. The van der Waals surface area contributed by atoms with Gasteiger partial charge >= 0.3 is 0 Å². The molecule has 0 radical (unpaired) electrons. The number of halogens is 1. The zero-order valence-electron chi connectivity index (χ0n) is 11.1. The molecule has 1 heterocycles. The Morgan fingerprint density at radius 2 is 1.95 bits per heavy atom. The van der Waals surface area contributed by atoms with E-state index in [9.17, 15) is 4.79 Å². The predicted octanol–water partition coefficient (Wildman–Crippen LogP) is 3.36. The summed E-state index contributed by atoms with van der Waals surface area (Å²) < 4.78 is 2.09. The second-order valence-corrected chi connectivity index (χ2v) is 4.83. The minimum absolute atomic E-state index is 0.0996. The van der Waals surface area contributed by atoms with E-state index in [0.29, 0.717) is 11.6 Å². The average molecular weight is 289 g/mol. The molecule has 104 valence electrons. The molecule has 0 spiro atoms. The van der Waals surface area contributed by atoms with Crippen molar-refractivity contribution in [1.82, 2.24) is 9.88 Å². The van der Waals surface area contributed by atoms with Crippen molar-refractivity contribution in [2.45, 2.75) is 13.0 Å². The molecule has 0 atom stereocenters. The molecule has 0 aliphatic rings. The number of nitrogens with one attached hydrogen (secondary N) is 1. The Hall–Kier alpha value is -2.00. The second-order valence-electron chi connectivity index (χ2n) is 4.42. The van der Waals surface area contributed by atoms with Crippen molar-refractivity contribution < 1.29 is 4.79 Å². The molecule has 2 aromatic rings.